The number of rotatable bonds is 3. The third kappa shape index (κ3) is 3.19. The number of nitrogens with one attached hydrogen (secondary N) is 1. The van der Waals surface area contributed by atoms with Crippen LogP contribution in [-0.4, -0.2) is 42.5 Å². The molecule has 2 aliphatic heterocycles. The Balaban J connectivity index is 1.62. The van der Waals surface area contributed by atoms with Gasteiger partial charge in [-0.2, -0.15) is 0 Å². The van der Waals surface area contributed by atoms with Crippen molar-refractivity contribution in [2.24, 2.45) is 0 Å². The zero-order valence-electron chi connectivity index (χ0n) is 15.1. The SMILES string of the molecule is COc1ccc(/C=C/c2ccc3c(c2)C(=O)N2CC[C@H]([NH3+])[C@H]2C(=O)N3)cc1. The summed E-state index contributed by atoms with van der Waals surface area (Å²) in [6, 6.07) is 12.7. The summed E-state index contributed by atoms with van der Waals surface area (Å²) in [6.07, 6.45) is 4.68. The van der Waals surface area contributed by atoms with Gasteiger partial charge in [0.05, 0.1) is 18.4 Å². The van der Waals surface area contributed by atoms with Crippen molar-refractivity contribution in [2.75, 3.05) is 19.0 Å². The highest BCUT2D eigenvalue weighted by molar-refractivity contribution is 6.10. The number of nitrogens with zero attached hydrogens (tertiary/aromatic N) is 1. The topological polar surface area (TPSA) is 86.3 Å². The molecule has 4 rings (SSSR count). The van der Waals surface area contributed by atoms with Crippen molar-refractivity contribution in [2.45, 2.75) is 18.5 Å². The summed E-state index contributed by atoms with van der Waals surface area (Å²) in [4.78, 5) is 27.1. The summed E-state index contributed by atoms with van der Waals surface area (Å²) in [6.45, 7) is 0.566. The van der Waals surface area contributed by atoms with Gasteiger partial charge in [0.25, 0.3) is 11.8 Å². The van der Waals surface area contributed by atoms with Crippen molar-refractivity contribution in [1.82, 2.24) is 4.90 Å². The van der Waals surface area contributed by atoms with Crippen LogP contribution >= 0.6 is 0 Å². The second-order valence-corrected chi connectivity index (χ2v) is 6.89. The normalized spacial score (nSPS) is 21.6. The fourth-order valence-corrected chi connectivity index (χ4v) is 3.66. The number of carbonyl (C=O) groups excluding carboxylic acids is 2. The number of carbonyl (C=O) groups is 2. The summed E-state index contributed by atoms with van der Waals surface area (Å²) in [5, 5.41) is 2.89. The largest absolute Gasteiger partial charge is 0.497 e. The van der Waals surface area contributed by atoms with Gasteiger partial charge in [-0.05, 0) is 35.4 Å². The first-order valence-electron chi connectivity index (χ1n) is 8.98. The third-order valence-corrected chi connectivity index (χ3v) is 5.17. The van der Waals surface area contributed by atoms with Gasteiger partial charge in [0.2, 0.25) is 0 Å². The average molecular weight is 364 g/mol. The van der Waals surface area contributed by atoms with Crippen LogP contribution in [0, 0.1) is 0 Å². The number of ether oxygens (including phenoxy) is 1. The van der Waals surface area contributed by atoms with Gasteiger partial charge in [-0.15, -0.1) is 0 Å². The van der Waals surface area contributed by atoms with Crippen LogP contribution in [0.25, 0.3) is 12.2 Å². The molecule has 6 nitrogen and oxygen atoms in total. The van der Waals surface area contributed by atoms with Crippen molar-refractivity contribution < 1.29 is 20.1 Å². The first-order valence-corrected chi connectivity index (χ1v) is 8.98. The Hall–Kier alpha value is -3.12. The molecule has 27 heavy (non-hydrogen) atoms. The van der Waals surface area contributed by atoms with Crippen LogP contribution in [0.15, 0.2) is 42.5 Å². The quantitative estimate of drug-likeness (QED) is 0.812. The molecule has 2 aromatic carbocycles. The summed E-state index contributed by atoms with van der Waals surface area (Å²) in [7, 11) is 1.64. The van der Waals surface area contributed by atoms with E-state index in [1.54, 1.807) is 18.1 Å². The van der Waals surface area contributed by atoms with E-state index in [9.17, 15) is 9.59 Å². The van der Waals surface area contributed by atoms with Gasteiger partial charge in [0.1, 0.15) is 11.8 Å². The van der Waals surface area contributed by atoms with Crippen LogP contribution in [0.4, 0.5) is 5.69 Å². The molecule has 0 unspecified atom stereocenters. The molecule has 1 saturated heterocycles. The molecule has 2 atom stereocenters. The molecule has 0 saturated carbocycles. The lowest BCUT2D eigenvalue weighted by Gasteiger charge is -2.20. The maximum Gasteiger partial charge on any atom is 0.256 e. The molecule has 2 heterocycles. The molecule has 0 aliphatic carbocycles. The molecule has 4 N–H and O–H groups in total. The number of hydrogen-bond donors (Lipinski definition) is 2. The third-order valence-electron chi connectivity index (χ3n) is 5.17. The van der Waals surface area contributed by atoms with Gasteiger partial charge in [0, 0.05) is 13.0 Å². The van der Waals surface area contributed by atoms with Gasteiger partial charge in [-0.3, -0.25) is 9.59 Å². The summed E-state index contributed by atoms with van der Waals surface area (Å²) < 4.78 is 5.16. The van der Waals surface area contributed by atoms with Gasteiger partial charge in [-0.1, -0.05) is 30.4 Å². The number of amides is 2. The van der Waals surface area contributed by atoms with Crippen LogP contribution in [0.2, 0.25) is 0 Å². The van der Waals surface area contributed by atoms with Gasteiger partial charge in [-0.25, -0.2) is 0 Å². The molecule has 6 heteroatoms. The van der Waals surface area contributed by atoms with Crippen molar-refractivity contribution in [3.8, 4) is 5.75 Å². The predicted molar refractivity (Wildman–Crippen MR) is 103 cm³/mol. The van der Waals surface area contributed by atoms with Gasteiger partial charge < -0.3 is 20.7 Å². The number of hydrogen-bond acceptors (Lipinski definition) is 3. The summed E-state index contributed by atoms with van der Waals surface area (Å²) in [5.41, 5.74) is 7.05. The van der Waals surface area contributed by atoms with E-state index in [1.165, 1.54) is 0 Å². The molecule has 1 fully saturated rings. The molecule has 138 valence electrons. The molecular weight excluding hydrogens is 342 g/mol. The monoisotopic (exact) mass is 364 g/mol. The second-order valence-electron chi connectivity index (χ2n) is 6.89. The minimum Gasteiger partial charge on any atom is -0.497 e. The van der Waals surface area contributed by atoms with E-state index in [-0.39, 0.29) is 17.9 Å². The van der Waals surface area contributed by atoms with Crippen LogP contribution in [-0.2, 0) is 4.79 Å². The minimum atomic E-state index is -0.483. The second kappa shape index (κ2) is 6.89. The highest BCUT2D eigenvalue weighted by Crippen LogP contribution is 2.29. The van der Waals surface area contributed by atoms with Crippen LogP contribution < -0.4 is 15.8 Å². The number of anilines is 1. The van der Waals surface area contributed by atoms with Crippen LogP contribution in [0.3, 0.4) is 0 Å². The van der Waals surface area contributed by atoms with Crippen molar-refractivity contribution in [3.05, 3.63) is 59.2 Å². The van der Waals surface area contributed by atoms with Crippen molar-refractivity contribution in [3.63, 3.8) is 0 Å². The maximum atomic E-state index is 13.0. The predicted octanol–water partition coefficient (Wildman–Crippen LogP) is 1.64. The van der Waals surface area contributed by atoms with Crippen molar-refractivity contribution in [1.29, 1.82) is 0 Å². The molecule has 2 aromatic rings. The Morgan fingerprint density at radius 2 is 1.81 bits per heavy atom. The van der Waals surface area contributed by atoms with Gasteiger partial charge >= 0.3 is 0 Å². The lowest BCUT2D eigenvalue weighted by atomic mass is 10.1. The van der Waals surface area contributed by atoms with E-state index in [0.29, 0.717) is 17.8 Å². The molecule has 0 bridgehead atoms. The maximum absolute atomic E-state index is 13.0. The zero-order chi connectivity index (χ0) is 19.0. The Bertz CT molecular complexity index is 921. The Morgan fingerprint density at radius 1 is 1.11 bits per heavy atom. The molecule has 2 aliphatic rings. The molecular formula is C21H22N3O3+. The molecule has 0 spiro atoms. The summed E-state index contributed by atoms with van der Waals surface area (Å²) in [5.74, 6) is 0.544. The fourth-order valence-electron chi connectivity index (χ4n) is 3.66. The van der Waals surface area contributed by atoms with E-state index in [4.69, 9.17) is 4.74 Å². The van der Waals surface area contributed by atoms with E-state index < -0.39 is 6.04 Å². The van der Waals surface area contributed by atoms with E-state index in [1.807, 2.05) is 48.6 Å². The molecule has 0 aromatic heterocycles. The first-order chi connectivity index (χ1) is 13.1. The average Bonchev–Trinajstić information content (AvgIpc) is 3.04. The lowest BCUT2D eigenvalue weighted by Crippen LogP contribution is -2.68. The molecule has 0 radical (unpaired) electrons. The number of fused-ring (bicyclic) bond motifs is 2. The Labute approximate surface area is 157 Å². The summed E-state index contributed by atoms with van der Waals surface area (Å²) >= 11 is 0. The smallest absolute Gasteiger partial charge is 0.256 e. The lowest BCUT2D eigenvalue weighted by molar-refractivity contribution is -0.419. The fraction of sp³-hybridized carbons (Fsp3) is 0.238. The minimum absolute atomic E-state index is 0.0716. The van der Waals surface area contributed by atoms with Crippen molar-refractivity contribution >= 4 is 29.7 Å². The van der Waals surface area contributed by atoms with Crippen LogP contribution in [0.5, 0.6) is 5.75 Å². The van der Waals surface area contributed by atoms with Crippen LogP contribution in [0.1, 0.15) is 27.9 Å². The van der Waals surface area contributed by atoms with Gasteiger partial charge in [0.15, 0.2) is 6.04 Å². The number of benzene rings is 2. The van der Waals surface area contributed by atoms with E-state index in [0.717, 1.165) is 23.3 Å². The Morgan fingerprint density at radius 3 is 2.56 bits per heavy atom. The zero-order valence-corrected chi connectivity index (χ0v) is 15.1. The number of quaternary nitrogens is 1. The van der Waals surface area contributed by atoms with E-state index in [2.05, 4.69) is 11.1 Å². The highest BCUT2D eigenvalue weighted by atomic mass is 16.5. The highest BCUT2D eigenvalue weighted by Gasteiger charge is 2.45. The van der Waals surface area contributed by atoms with E-state index >= 15 is 0 Å². The standard InChI is InChI=1S/C21H21N3O3/c1-27-15-7-4-13(5-8-15)2-3-14-6-9-18-16(12-14)21(26)24-11-10-17(22)19(24)20(25)23-18/h2-9,12,17,19H,10-11,22H2,1H3,(H,23,25)/p+1/b3-2+/t17-,19-/m0/s1. The number of methoxy groups -OCH3 is 1. The molecule has 2 amide bonds. The first kappa shape index (κ1) is 17.3. The Kier molecular flexibility index (Phi) is 4.41.